The van der Waals surface area contributed by atoms with Gasteiger partial charge in [-0.1, -0.05) is 28.3 Å². The van der Waals surface area contributed by atoms with Crippen molar-refractivity contribution in [3.05, 3.63) is 22.6 Å². The lowest BCUT2D eigenvalue weighted by molar-refractivity contribution is -0.173. The topological polar surface area (TPSA) is 240 Å². The predicted molar refractivity (Wildman–Crippen MR) is 185 cm³/mol. The Morgan fingerprint density at radius 1 is 1.16 bits per heavy atom. The number of anilines is 1. The van der Waals surface area contributed by atoms with Gasteiger partial charge in [0.1, 0.15) is 34.8 Å². The van der Waals surface area contributed by atoms with Crippen molar-refractivity contribution >= 4 is 87.1 Å². The molecule has 1 unspecified atom stereocenters. The van der Waals surface area contributed by atoms with Gasteiger partial charge in [0.15, 0.2) is 9.47 Å². The molecule has 0 bridgehead atoms. The Morgan fingerprint density at radius 2 is 1.92 bits per heavy atom. The Morgan fingerprint density at radius 3 is 2.56 bits per heavy atom. The number of amides is 3. The summed E-state index contributed by atoms with van der Waals surface area (Å²) < 4.78 is 20.3. The van der Waals surface area contributed by atoms with E-state index in [0.717, 1.165) is 11.5 Å². The molecule has 0 radical (unpaired) electrons. The van der Waals surface area contributed by atoms with E-state index < -0.39 is 59.1 Å². The summed E-state index contributed by atoms with van der Waals surface area (Å²) in [6.07, 6.45) is -0.250. The van der Waals surface area contributed by atoms with Crippen LogP contribution in [-0.2, 0) is 38.2 Å². The summed E-state index contributed by atoms with van der Waals surface area (Å²) in [5.41, 5.74) is 6.12. The van der Waals surface area contributed by atoms with Gasteiger partial charge in [0, 0.05) is 36.0 Å². The van der Waals surface area contributed by atoms with E-state index in [9.17, 15) is 24.0 Å². The van der Waals surface area contributed by atoms with Crippen molar-refractivity contribution in [1.82, 2.24) is 35.1 Å². The molecule has 1 saturated heterocycles. The molecule has 18 nitrogen and oxygen atoms in total. The molecule has 2 aromatic heterocycles. The van der Waals surface area contributed by atoms with Gasteiger partial charge >= 0.3 is 18.0 Å². The molecule has 0 aromatic carbocycles. The van der Waals surface area contributed by atoms with Crippen LogP contribution in [0, 0.1) is 5.41 Å². The van der Waals surface area contributed by atoms with Gasteiger partial charge in [0.05, 0.1) is 5.41 Å². The van der Waals surface area contributed by atoms with Crippen molar-refractivity contribution in [3.8, 4) is 0 Å². The van der Waals surface area contributed by atoms with Crippen LogP contribution < -0.4 is 16.4 Å². The van der Waals surface area contributed by atoms with Gasteiger partial charge in [-0.05, 0) is 47.1 Å². The third kappa shape index (κ3) is 10.5. The Balaban J connectivity index is 1.43. The smallest absolute Gasteiger partial charge is 0.407 e. The average Bonchev–Trinajstić information content (AvgIpc) is 3.72. The quantitative estimate of drug-likeness (QED) is 0.0474. The van der Waals surface area contributed by atoms with Crippen LogP contribution in [0.25, 0.3) is 0 Å². The number of nitrogens with two attached hydrogens (primary N) is 1. The SMILES string of the molecule is CC(C)(C)OC(=O)NCCCON=C(C(=O)NC1C(=O)N2C(C(=O)OCOC(=O)C(C)(C)C)=C(CSc3nncs3)CS[C@@H]12)c1nsc(N)n1. The average molecular weight is 772 g/mol. The Hall–Kier alpha value is -4.02. The Bertz CT molecular complexity index is 1630. The van der Waals surface area contributed by atoms with Gasteiger partial charge < -0.3 is 35.4 Å². The first-order chi connectivity index (χ1) is 23.5. The highest BCUT2D eigenvalue weighted by Crippen LogP contribution is 2.42. The molecule has 0 spiro atoms. The van der Waals surface area contributed by atoms with Gasteiger partial charge in [0.25, 0.3) is 11.8 Å². The van der Waals surface area contributed by atoms with Gasteiger partial charge in [-0.2, -0.15) is 9.36 Å². The highest BCUT2D eigenvalue weighted by atomic mass is 32.2. The number of hydrogen-bond donors (Lipinski definition) is 3. The first kappa shape index (κ1) is 38.8. The second-order valence-corrected chi connectivity index (χ2v) is 16.5. The molecule has 2 aromatic rings. The molecule has 4 N–H and O–H groups in total. The first-order valence-electron chi connectivity index (χ1n) is 15.0. The third-order valence-corrected chi connectivity index (χ3v) is 10.2. The number of rotatable bonds is 14. The van der Waals surface area contributed by atoms with Crippen LogP contribution >= 0.6 is 46.4 Å². The van der Waals surface area contributed by atoms with Crippen molar-refractivity contribution in [2.45, 2.75) is 69.3 Å². The highest BCUT2D eigenvalue weighted by Gasteiger charge is 2.55. The number of carbonyl (C=O) groups is 5. The lowest BCUT2D eigenvalue weighted by Crippen LogP contribution is -2.71. The van der Waals surface area contributed by atoms with Crippen molar-refractivity contribution < 1.29 is 43.0 Å². The normalized spacial score (nSPS) is 17.8. The number of alkyl carbamates (subject to hydrolysis) is 1. The van der Waals surface area contributed by atoms with E-state index >= 15 is 0 Å². The summed E-state index contributed by atoms with van der Waals surface area (Å²) in [7, 11) is 0. The lowest BCUT2D eigenvalue weighted by Gasteiger charge is -2.49. The van der Waals surface area contributed by atoms with Crippen LogP contribution in [0.2, 0.25) is 0 Å². The molecular weight excluding hydrogens is 735 g/mol. The van der Waals surface area contributed by atoms with E-state index in [4.69, 9.17) is 24.8 Å². The number of ether oxygens (including phenoxy) is 3. The molecule has 2 aliphatic heterocycles. The van der Waals surface area contributed by atoms with E-state index in [-0.39, 0.29) is 35.5 Å². The number of nitrogens with zero attached hydrogens (tertiary/aromatic N) is 6. The third-order valence-electron chi connectivity index (χ3n) is 6.33. The Kier molecular flexibility index (Phi) is 13.0. The number of carbonyl (C=O) groups excluding carboxylic acids is 5. The standard InChI is InChI=1S/C28H37N9O9S4/c1-27(2,3)23(41)44-13-43-22(40)17-14(11-48-26-34-31-12-49-26)10-47-21-16(20(39)37(17)21)32-19(38)15(18-33-24(29)50-36-18)35-45-9-7-8-30-25(42)46-28(4,5)6/h12,16,21H,7-11,13H2,1-6H3,(H,30,42)(H,32,38)(H2,29,33,36)/t16?,21-/m0/s1. The minimum Gasteiger partial charge on any atom is -0.444 e. The molecule has 3 amide bonds. The van der Waals surface area contributed by atoms with E-state index in [1.165, 1.54) is 39.8 Å². The van der Waals surface area contributed by atoms with Crippen LogP contribution in [0.5, 0.6) is 0 Å². The molecule has 22 heteroatoms. The fourth-order valence-electron chi connectivity index (χ4n) is 4.06. The molecule has 0 saturated carbocycles. The fraction of sp³-hybridized carbons (Fsp3) is 0.571. The minimum atomic E-state index is -1.05. The van der Waals surface area contributed by atoms with E-state index in [2.05, 4.69) is 35.3 Å². The van der Waals surface area contributed by atoms with Crippen LogP contribution in [0.15, 0.2) is 26.3 Å². The number of nitrogens with one attached hydrogen (secondary N) is 2. The highest BCUT2D eigenvalue weighted by molar-refractivity contribution is 8.01. The second-order valence-electron chi connectivity index (χ2n) is 12.5. The number of hydrogen-bond acceptors (Lipinski definition) is 19. The largest absolute Gasteiger partial charge is 0.444 e. The maximum Gasteiger partial charge on any atom is 0.407 e. The first-order valence-corrected chi connectivity index (χ1v) is 18.7. The molecule has 1 fully saturated rings. The Labute approximate surface area is 303 Å². The summed E-state index contributed by atoms with van der Waals surface area (Å²) >= 11 is 4.84. The molecular formula is C28H37N9O9S4. The van der Waals surface area contributed by atoms with Crippen molar-refractivity contribution in [1.29, 1.82) is 0 Å². The summed E-state index contributed by atoms with van der Waals surface area (Å²) in [4.78, 5) is 75.0. The number of oxime groups is 1. The zero-order valence-corrected chi connectivity index (χ0v) is 31.3. The number of esters is 2. The van der Waals surface area contributed by atoms with Gasteiger partial charge in [-0.25, -0.2) is 9.59 Å². The fourth-order valence-corrected chi connectivity index (χ4v) is 7.46. The van der Waals surface area contributed by atoms with Gasteiger partial charge in [-0.3, -0.25) is 19.3 Å². The molecule has 4 heterocycles. The summed E-state index contributed by atoms with van der Waals surface area (Å²) in [6, 6.07) is -1.05. The van der Waals surface area contributed by atoms with E-state index in [0.29, 0.717) is 27.8 Å². The monoisotopic (exact) mass is 771 g/mol. The second kappa shape index (κ2) is 16.8. The number of nitrogen functional groups attached to an aromatic ring is 1. The van der Waals surface area contributed by atoms with Crippen LogP contribution in [0.1, 0.15) is 53.8 Å². The van der Waals surface area contributed by atoms with E-state index in [1.54, 1.807) is 47.1 Å². The minimum absolute atomic E-state index is 0.000714. The number of thioether (sulfide) groups is 2. The molecule has 272 valence electrons. The zero-order chi connectivity index (χ0) is 36.6. The molecule has 2 atom stereocenters. The van der Waals surface area contributed by atoms with Gasteiger partial charge in [0.2, 0.25) is 18.3 Å². The maximum atomic E-state index is 13.6. The van der Waals surface area contributed by atoms with Crippen LogP contribution in [0.4, 0.5) is 9.93 Å². The molecule has 0 aliphatic carbocycles. The maximum absolute atomic E-state index is 13.6. The number of fused-ring (bicyclic) bond motifs is 1. The zero-order valence-electron chi connectivity index (χ0n) is 28.0. The molecule has 2 aliphatic rings. The van der Waals surface area contributed by atoms with Crippen molar-refractivity contribution in [3.63, 3.8) is 0 Å². The number of aromatic nitrogens is 4. The summed E-state index contributed by atoms with van der Waals surface area (Å²) in [5, 5.41) is 16.4. The predicted octanol–water partition coefficient (Wildman–Crippen LogP) is 2.14. The lowest BCUT2D eigenvalue weighted by atomic mass is 9.98. The molecule has 50 heavy (non-hydrogen) atoms. The van der Waals surface area contributed by atoms with Crippen LogP contribution in [-0.4, -0.2) is 108 Å². The van der Waals surface area contributed by atoms with Crippen molar-refractivity contribution in [2.24, 2.45) is 10.6 Å². The van der Waals surface area contributed by atoms with E-state index in [1.807, 2.05) is 0 Å². The molecule has 4 rings (SSSR count). The summed E-state index contributed by atoms with van der Waals surface area (Å²) in [5.74, 6) is -2.30. The number of β-lactam (4-membered cyclic amide) rings is 1. The van der Waals surface area contributed by atoms with Crippen LogP contribution in [0.3, 0.4) is 0 Å². The summed E-state index contributed by atoms with van der Waals surface area (Å²) in [6.45, 7) is 9.81. The van der Waals surface area contributed by atoms with Crippen molar-refractivity contribution in [2.75, 3.05) is 37.2 Å². The van der Waals surface area contributed by atoms with Gasteiger partial charge in [-0.15, -0.1) is 22.0 Å².